The largest absolute Gasteiger partial charge is 4.00 e. The van der Waals surface area contributed by atoms with Crippen LogP contribution in [0.3, 0.4) is 0 Å². The van der Waals surface area contributed by atoms with Crippen LogP contribution in [0.2, 0.25) is 12.1 Å². The van der Waals surface area contributed by atoms with Gasteiger partial charge in [0.2, 0.25) is 0 Å². The third kappa shape index (κ3) is 8.52. The molecule has 0 amide bonds. The third-order valence-corrected chi connectivity index (χ3v) is 6.85. The molecule has 4 aromatic carbocycles. The van der Waals surface area contributed by atoms with Gasteiger partial charge in [-0.05, 0) is 12.8 Å². The van der Waals surface area contributed by atoms with Gasteiger partial charge in [-0.2, -0.15) is 11.1 Å². The summed E-state index contributed by atoms with van der Waals surface area (Å²) in [6.45, 7) is 13.3. The summed E-state index contributed by atoms with van der Waals surface area (Å²) in [4.78, 5) is 0. The topological polar surface area (TPSA) is 0 Å². The zero-order valence-electron chi connectivity index (χ0n) is 20.4. The molecule has 0 heterocycles. The summed E-state index contributed by atoms with van der Waals surface area (Å²) in [7, 11) is 0.815. The van der Waals surface area contributed by atoms with Crippen molar-refractivity contribution in [2.75, 3.05) is 0 Å². The summed E-state index contributed by atoms with van der Waals surface area (Å²) >= 11 is 0. The maximum Gasteiger partial charge on any atom is 4.00 e. The SMILES string of the molecule is CC[SiH]CC.CCc1[cH-]c2ccccc2c1C.CCc1[cH-]c2ccccc2c1C.[F-].[F-].[Zr+4]. The van der Waals surface area contributed by atoms with E-state index in [1.165, 1.54) is 55.9 Å². The van der Waals surface area contributed by atoms with Gasteiger partial charge >= 0.3 is 26.2 Å². The van der Waals surface area contributed by atoms with Crippen molar-refractivity contribution >= 4 is 31.1 Å². The normalized spacial score (nSPS) is 9.44. The van der Waals surface area contributed by atoms with Crippen molar-refractivity contribution in [1.82, 2.24) is 0 Å². The van der Waals surface area contributed by atoms with Gasteiger partial charge in [-0.25, -0.2) is 0 Å². The average Bonchev–Trinajstić information content (AvgIpc) is 3.26. The molecule has 0 bridgehead atoms. The third-order valence-electron chi connectivity index (χ3n) is 5.69. The van der Waals surface area contributed by atoms with Crippen LogP contribution in [-0.4, -0.2) is 9.52 Å². The van der Waals surface area contributed by atoms with Crippen LogP contribution < -0.4 is 9.41 Å². The molecule has 0 atom stereocenters. The molecule has 0 fully saturated rings. The van der Waals surface area contributed by atoms with Crippen molar-refractivity contribution in [3.05, 3.63) is 82.9 Å². The van der Waals surface area contributed by atoms with Crippen LogP contribution in [0.25, 0.3) is 21.5 Å². The monoisotopic (exact) mass is 529 g/mol. The van der Waals surface area contributed by atoms with Gasteiger partial charge in [0.15, 0.2) is 0 Å². The van der Waals surface area contributed by atoms with Crippen molar-refractivity contribution in [1.29, 1.82) is 0 Å². The van der Waals surface area contributed by atoms with Crippen molar-refractivity contribution in [3.63, 3.8) is 0 Å². The Bertz CT molecular complexity index is 935. The predicted octanol–water partition coefficient (Wildman–Crippen LogP) is 2.16. The summed E-state index contributed by atoms with van der Waals surface area (Å²) in [5.41, 5.74) is 5.87. The van der Waals surface area contributed by atoms with Gasteiger partial charge in [-0.15, -0.1) is 81.2 Å². The maximum absolute atomic E-state index is 2.30. The Kier molecular flexibility index (Phi) is 17.6. The van der Waals surface area contributed by atoms with Gasteiger partial charge in [-0.1, -0.05) is 65.8 Å². The summed E-state index contributed by atoms with van der Waals surface area (Å²) in [5.74, 6) is 0. The molecule has 0 saturated heterocycles. The molecule has 0 unspecified atom stereocenters. The molecule has 0 saturated carbocycles. The maximum atomic E-state index is 2.30. The first-order chi connectivity index (χ1) is 14.1. The number of rotatable bonds is 4. The number of fused-ring (bicyclic) bond motifs is 2. The molecule has 0 spiro atoms. The number of aryl methyl sites for hydroxylation is 4. The second-order valence-corrected chi connectivity index (χ2v) is 9.79. The fourth-order valence-electron chi connectivity index (χ4n) is 3.89. The van der Waals surface area contributed by atoms with E-state index < -0.39 is 0 Å². The Labute approximate surface area is 215 Å². The van der Waals surface area contributed by atoms with E-state index in [4.69, 9.17) is 0 Å². The van der Waals surface area contributed by atoms with Gasteiger partial charge in [0.05, 0.1) is 0 Å². The Morgan fingerprint density at radius 3 is 1.22 bits per heavy atom. The summed E-state index contributed by atoms with van der Waals surface area (Å²) in [5, 5.41) is 5.59. The van der Waals surface area contributed by atoms with Gasteiger partial charge in [0.25, 0.3) is 0 Å². The minimum atomic E-state index is 0. The zero-order chi connectivity index (χ0) is 21.2. The van der Waals surface area contributed by atoms with E-state index in [0.29, 0.717) is 0 Å². The van der Waals surface area contributed by atoms with Gasteiger partial charge in [0, 0.05) is 9.52 Å². The molecule has 0 aliphatic carbocycles. The van der Waals surface area contributed by atoms with E-state index in [9.17, 15) is 0 Å². The van der Waals surface area contributed by atoms with Crippen molar-refractivity contribution < 1.29 is 35.6 Å². The van der Waals surface area contributed by atoms with Crippen LogP contribution >= 0.6 is 0 Å². The molecule has 0 aromatic heterocycles. The van der Waals surface area contributed by atoms with Crippen LogP contribution in [0.5, 0.6) is 0 Å². The molecule has 4 aromatic rings. The van der Waals surface area contributed by atoms with Crippen LogP contribution in [0.4, 0.5) is 0 Å². The smallest absolute Gasteiger partial charge is 1.00 e. The molecule has 0 aliphatic heterocycles. The van der Waals surface area contributed by atoms with Crippen molar-refractivity contribution in [3.8, 4) is 0 Å². The standard InChI is InChI=1S/2C12H13.C4H11Si.2FH.Zr/c2*1-3-10-8-11-6-4-5-7-12(11)9(10)2;1-3-5-4-2;;;/h2*4-8H,3H2,1-2H3;5H,3-4H2,1-2H3;2*1H;/q2*-1;;;;+4/p-2. The van der Waals surface area contributed by atoms with Gasteiger partial charge < -0.3 is 9.41 Å². The Morgan fingerprint density at radius 1 is 0.625 bits per heavy atom. The van der Waals surface area contributed by atoms with Crippen LogP contribution in [-0.2, 0) is 39.0 Å². The van der Waals surface area contributed by atoms with Gasteiger partial charge in [-0.3, -0.25) is 0 Å². The molecule has 32 heavy (non-hydrogen) atoms. The van der Waals surface area contributed by atoms with Crippen molar-refractivity contribution in [2.24, 2.45) is 0 Å². The summed E-state index contributed by atoms with van der Waals surface area (Å²) in [6, 6.07) is 24.6. The number of halogens is 2. The van der Waals surface area contributed by atoms with Crippen LogP contribution in [0, 0.1) is 13.8 Å². The first-order valence-corrected chi connectivity index (χ1v) is 12.8. The molecule has 0 nitrogen and oxygen atoms in total. The Morgan fingerprint density at radius 2 is 0.969 bits per heavy atom. The minimum Gasteiger partial charge on any atom is -1.00 e. The quantitative estimate of drug-likeness (QED) is 0.280. The molecule has 4 rings (SSSR count). The molecule has 0 aliphatic rings. The van der Waals surface area contributed by atoms with Gasteiger partial charge in [0.1, 0.15) is 0 Å². The zero-order valence-corrected chi connectivity index (χ0v) is 24.0. The second-order valence-electron chi connectivity index (χ2n) is 7.58. The minimum absolute atomic E-state index is 0. The van der Waals surface area contributed by atoms with E-state index in [0.717, 1.165) is 22.4 Å². The van der Waals surface area contributed by atoms with E-state index in [-0.39, 0.29) is 35.6 Å². The number of hydrogen-bond acceptors (Lipinski definition) is 0. The van der Waals surface area contributed by atoms with Crippen LogP contribution in [0.1, 0.15) is 49.9 Å². The molecule has 0 N–H and O–H groups in total. The Hall–Kier alpha value is -1.38. The molecular formula is C28H37F2SiZr. The fraction of sp³-hybridized carbons (Fsp3) is 0.357. The van der Waals surface area contributed by atoms with E-state index >= 15 is 0 Å². The van der Waals surface area contributed by atoms with E-state index in [2.05, 4.69) is 102 Å². The number of hydrogen-bond donors (Lipinski definition) is 0. The first kappa shape index (κ1) is 32.8. The van der Waals surface area contributed by atoms with E-state index in [1.54, 1.807) is 0 Å². The Balaban J connectivity index is 0. The summed E-state index contributed by atoms with van der Waals surface area (Å²) in [6.07, 6.45) is 2.28. The second kappa shape index (κ2) is 17.1. The van der Waals surface area contributed by atoms with Crippen molar-refractivity contribution in [2.45, 2.75) is 66.5 Å². The molecular weight excluding hydrogens is 494 g/mol. The molecule has 1 radical (unpaired) electrons. The van der Waals surface area contributed by atoms with E-state index in [1.807, 2.05) is 0 Å². The fourth-order valence-corrected chi connectivity index (χ4v) is 4.47. The number of benzene rings is 2. The van der Waals surface area contributed by atoms with Crippen LogP contribution in [0.15, 0.2) is 60.7 Å². The first-order valence-electron chi connectivity index (χ1n) is 11.2. The predicted molar refractivity (Wildman–Crippen MR) is 135 cm³/mol. The molecule has 4 heteroatoms. The molecule has 171 valence electrons. The summed E-state index contributed by atoms with van der Waals surface area (Å²) < 4.78 is 0. The average molecular weight is 531 g/mol.